The Kier molecular flexibility index (Phi) is 4.18. The van der Waals surface area contributed by atoms with Crippen LogP contribution in [0.4, 0.5) is 4.39 Å². The summed E-state index contributed by atoms with van der Waals surface area (Å²) in [5.74, 6) is -2.62. The van der Waals surface area contributed by atoms with E-state index in [9.17, 15) is 14.0 Å². The van der Waals surface area contributed by atoms with Gasteiger partial charge in [0.25, 0.3) is 0 Å². The molecule has 1 aromatic carbocycles. The second-order valence-electron chi connectivity index (χ2n) is 4.04. The number of esters is 1. The van der Waals surface area contributed by atoms with Gasteiger partial charge < -0.3 is 9.84 Å². The molecule has 0 radical (unpaired) electrons. The van der Waals surface area contributed by atoms with Gasteiger partial charge in [0.15, 0.2) is 0 Å². The van der Waals surface area contributed by atoms with Gasteiger partial charge in [-0.2, -0.15) is 0 Å². The summed E-state index contributed by atoms with van der Waals surface area (Å²) >= 11 is 5.65. The van der Waals surface area contributed by atoms with Crippen molar-refractivity contribution < 1.29 is 23.8 Å². The lowest BCUT2D eigenvalue weighted by Crippen LogP contribution is -2.05. The first-order chi connectivity index (χ1) is 9.93. The molecule has 7 heteroatoms. The molecule has 0 fully saturated rings. The Bertz CT molecular complexity index is 733. The number of methoxy groups -OCH3 is 1. The number of aromatic nitrogens is 1. The lowest BCUT2D eigenvalue weighted by molar-refractivity contribution is 0.0600. The largest absolute Gasteiger partial charge is 0.478 e. The fraction of sp³-hybridized carbons (Fsp3) is 0.0714. The van der Waals surface area contributed by atoms with Crippen molar-refractivity contribution in [2.45, 2.75) is 0 Å². The molecule has 0 aliphatic heterocycles. The van der Waals surface area contributed by atoms with E-state index in [1.807, 2.05) is 0 Å². The lowest BCUT2D eigenvalue weighted by atomic mass is 9.99. The maximum Gasteiger partial charge on any atom is 0.337 e. The van der Waals surface area contributed by atoms with Crippen LogP contribution in [0.5, 0.6) is 0 Å². The number of nitrogens with zero attached hydrogens (tertiary/aromatic N) is 1. The van der Waals surface area contributed by atoms with Gasteiger partial charge in [-0.1, -0.05) is 11.6 Å². The monoisotopic (exact) mass is 309 g/mol. The minimum atomic E-state index is -1.28. The van der Waals surface area contributed by atoms with Crippen LogP contribution in [0.15, 0.2) is 30.5 Å². The fourth-order valence-electron chi connectivity index (χ4n) is 1.80. The van der Waals surface area contributed by atoms with Crippen molar-refractivity contribution in [3.63, 3.8) is 0 Å². The molecule has 5 nitrogen and oxygen atoms in total. The molecule has 0 atom stereocenters. The molecule has 0 spiro atoms. The summed E-state index contributed by atoms with van der Waals surface area (Å²) in [6.45, 7) is 0. The number of halogens is 2. The second-order valence-corrected chi connectivity index (χ2v) is 4.43. The highest BCUT2D eigenvalue weighted by Gasteiger charge is 2.18. The van der Waals surface area contributed by atoms with Gasteiger partial charge in [-0.05, 0) is 24.3 Å². The minimum Gasteiger partial charge on any atom is -0.478 e. The van der Waals surface area contributed by atoms with Crippen molar-refractivity contribution in [3.05, 3.63) is 52.6 Å². The fourth-order valence-corrected chi connectivity index (χ4v) is 1.96. The highest BCUT2D eigenvalue weighted by molar-refractivity contribution is 6.29. The number of aromatic carboxylic acids is 1. The minimum absolute atomic E-state index is 0.0233. The Hall–Kier alpha value is -2.47. The molecule has 0 bridgehead atoms. The van der Waals surface area contributed by atoms with Gasteiger partial charge in [0.05, 0.1) is 18.2 Å². The molecule has 0 amide bonds. The average molecular weight is 310 g/mol. The third kappa shape index (κ3) is 3.00. The Morgan fingerprint density at radius 1 is 1.29 bits per heavy atom. The summed E-state index contributed by atoms with van der Waals surface area (Å²) in [4.78, 5) is 26.5. The third-order valence-electron chi connectivity index (χ3n) is 2.78. The zero-order valence-electron chi connectivity index (χ0n) is 10.8. The van der Waals surface area contributed by atoms with Crippen LogP contribution in [0, 0.1) is 5.82 Å². The maximum atomic E-state index is 14.0. The van der Waals surface area contributed by atoms with E-state index in [2.05, 4.69) is 9.72 Å². The molecular weight excluding hydrogens is 301 g/mol. The highest BCUT2D eigenvalue weighted by atomic mass is 35.5. The van der Waals surface area contributed by atoms with Crippen LogP contribution in [0.1, 0.15) is 20.7 Å². The molecule has 1 aromatic heterocycles. The standard InChI is InChI=1S/C14H9ClFNO4/c1-21-14(20)7-2-3-11(16)8(4-7)10-6-17-12(15)5-9(10)13(18)19/h2-6H,1H3,(H,18,19). The first-order valence-electron chi connectivity index (χ1n) is 5.71. The SMILES string of the molecule is COC(=O)c1ccc(F)c(-c2cnc(Cl)cc2C(=O)O)c1. The number of hydrogen-bond donors (Lipinski definition) is 1. The first-order valence-corrected chi connectivity index (χ1v) is 6.09. The van der Waals surface area contributed by atoms with E-state index >= 15 is 0 Å². The number of pyridine rings is 1. The van der Waals surface area contributed by atoms with E-state index in [4.69, 9.17) is 16.7 Å². The van der Waals surface area contributed by atoms with E-state index in [1.54, 1.807) is 0 Å². The number of carboxylic acid groups (broad SMARTS) is 1. The van der Waals surface area contributed by atoms with Crippen LogP contribution in [-0.2, 0) is 4.74 Å². The zero-order valence-corrected chi connectivity index (χ0v) is 11.5. The zero-order chi connectivity index (χ0) is 15.6. The van der Waals surface area contributed by atoms with Crippen LogP contribution in [-0.4, -0.2) is 29.1 Å². The molecule has 0 aliphatic rings. The number of carboxylic acids is 1. The summed E-state index contributed by atoms with van der Waals surface area (Å²) in [6, 6.07) is 4.62. The molecule has 1 heterocycles. The number of hydrogen-bond acceptors (Lipinski definition) is 4. The molecule has 0 aliphatic carbocycles. The number of carbonyl (C=O) groups is 2. The predicted molar refractivity (Wildman–Crippen MR) is 72.9 cm³/mol. The highest BCUT2D eigenvalue weighted by Crippen LogP contribution is 2.28. The van der Waals surface area contributed by atoms with Crippen molar-refractivity contribution in [2.75, 3.05) is 7.11 Å². The molecule has 0 saturated carbocycles. The summed E-state index contributed by atoms with van der Waals surface area (Å²) < 4.78 is 18.5. The molecule has 21 heavy (non-hydrogen) atoms. The lowest BCUT2D eigenvalue weighted by Gasteiger charge is -2.09. The van der Waals surface area contributed by atoms with Crippen molar-refractivity contribution in [3.8, 4) is 11.1 Å². The summed E-state index contributed by atoms with van der Waals surface area (Å²) in [6.07, 6.45) is 1.14. The first kappa shape index (κ1) is 14.9. The Labute approximate surface area is 124 Å². The molecule has 0 saturated heterocycles. The van der Waals surface area contributed by atoms with Gasteiger partial charge in [0.1, 0.15) is 11.0 Å². The molecular formula is C14H9ClFNO4. The molecule has 0 unspecified atom stereocenters. The van der Waals surface area contributed by atoms with Gasteiger partial charge in [0, 0.05) is 17.3 Å². The van der Waals surface area contributed by atoms with Crippen LogP contribution < -0.4 is 0 Å². The summed E-state index contributed by atoms with van der Waals surface area (Å²) in [5.41, 5.74) is -0.161. The van der Waals surface area contributed by atoms with E-state index < -0.39 is 17.8 Å². The van der Waals surface area contributed by atoms with Crippen LogP contribution in [0.3, 0.4) is 0 Å². The van der Waals surface area contributed by atoms with Crippen molar-refractivity contribution >= 4 is 23.5 Å². The second kappa shape index (κ2) is 5.88. The van der Waals surface area contributed by atoms with Crippen LogP contribution in [0.2, 0.25) is 5.15 Å². The average Bonchev–Trinajstić information content (AvgIpc) is 2.47. The van der Waals surface area contributed by atoms with Crippen LogP contribution >= 0.6 is 11.6 Å². The number of carbonyl (C=O) groups excluding carboxylic acids is 1. The molecule has 2 rings (SSSR count). The van der Waals surface area contributed by atoms with E-state index in [0.717, 1.165) is 18.3 Å². The van der Waals surface area contributed by atoms with E-state index in [-0.39, 0.29) is 27.4 Å². The van der Waals surface area contributed by atoms with Gasteiger partial charge in [-0.15, -0.1) is 0 Å². The van der Waals surface area contributed by atoms with E-state index in [0.29, 0.717) is 0 Å². The Morgan fingerprint density at radius 3 is 2.62 bits per heavy atom. The van der Waals surface area contributed by atoms with Gasteiger partial charge in [0.2, 0.25) is 0 Å². The van der Waals surface area contributed by atoms with Gasteiger partial charge >= 0.3 is 11.9 Å². The molecule has 2 aromatic rings. The predicted octanol–water partition coefficient (Wildman–Crippen LogP) is 3.03. The topological polar surface area (TPSA) is 76.5 Å². The van der Waals surface area contributed by atoms with E-state index in [1.165, 1.54) is 19.2 Å². The third-order valence-corrected chi connectivity index (χ3v) is 2.99. The summed E-state index contributed by atoms with van der Waals surface area (Å²) in [5, 5.41) is 9.14. The number of rotatable bonds is 3. The Balaban J connectivity index is 2.66. The Morgan fingerprint density at radius 2 is 2.00 bits per heavy atom. The number of ether oxygens (including phenoxy) is 1. The molecule has 108 valence electrons. The van der Waals surface area contributed by atoms with Crippen LogP contribution in [0.25, 0.3) is 11.1 Å². The van der Waals surface area contributed by atoms with Crippen molar-refractivity contribution in [1.29, 1.82) is 0 Å². The maximum absolute atomic E-state index is 14.0. The van der Waals surface area contributed by atoms with Gasteiger partial charge in [-0.25, -0.2) is 19.0 Å². The van der Waals surface area contributed by atoms with Gasteiger partial charge in [-0.3, -0.25) is 0 Å². The van der Waals surface area contributed by atoms with Crippen molar-refractivity contribution in [2.24, 2.45) is 0 Å². The summed E-state index contributed by atoms with van der Waals surface area (Å²) in [7, 11) is 1.19. The smallest absolute Gasteiger partial charge is 0.337 e. The number of benzene rings is 1. The molecule has 1 N–H and O–H groups in total. The normalized spacial score (nSPS) is 10.2. The quantitative estimate of drug-likeness (QED) is 0.696. The van der Waals surface area contributed by atoms with Crippen molar-refractivity contribution in [1.82, 2.24) is 4.98 Å².